The Bertz CT molecular complexity index is 400. The number of nitrogens with zero attached hydrogens (tertiary/aromatic N) is 1. The van der Waals surface area contributed by atoms with Gasteiger partial charge < -0.3 is 15.2 Å². The Morgan fingerprint density at radius 3 is 2.94 bits per heavy atom. The minimum absolute atomic E-state index is 0.154. The van der Waals surface area contributed by atoms with Crippen molar-refractivity contribution < 1.29 is 4.79 Å². The average Bonchev–Trinajstić information content (AvgIpc) is 2.29. The van der Waals surface area contributed by atoms with E-state index in [4.69, 9.17) is 0 Å². The smallest absolute Gasteiger partial charge is 0.256 e. The fourth-order valence-electron chi connectivity index (χ4n) is 1.21. The maximum absolute atomic E-state index is 11.6. The zero-order valence-electron chi connectivity index (χ0n) is 9.62. The molecule has 1 heterocycles. The Morgan fingerprint density at radius 2 is 2.31 bits per heavy atom. The van der Waals surface area contributed by atoms with Crippen molar-refractivity contribution in [1.29, 1.82) is 0 Å². The van der Waals surface area contributed by atoms with Crippen LogP contribution in [0.4, 0.5) is 0 Å². The Morgan fingerprint density at radius 1 is 1.56 bits per heavy atom. The number of carbonyl (C=O) groups is 1. The summed E-state index contributed by atoms with van der Waals surface area (Å²) in [6.07, 6.45) is 2.92. The number of hydrogen-bond acceptors (Lipinski definition) is 3. The van der Waals surface area contributed by atoms with Crippen LogP contribution in [0.15, 0.2) is 23.3 Å². The van der Waals surface area contributed by atoms with Crippen LogP contribution < -0.4 is 10.7 Å². The van der Waals surface area contributed by atoms with Gasteiger partial charge in [-0.25, -0.2) is 0 Å². The fourth-order valence-corrected chi connectivity index (χ4v) is 1.21. The number of carbonyl (C=O) groups excluding carboxylic acids is 1. The van der Waals surface area contributed by atoms with Crippen LogP contribution in [0.25, 0.3) is 0 Å². The topological polar surface area (TPSA) is 65.2 Å². The van der Waals surface area contributed by atoms with Crippen LogP contribution in [0.1, 0.15) is 17.3 Å². The predicted molar refractivity (Wildman–Crippen MR) is 62.6 cm³/mol. The van der Waals surface area contributed by atoms with E-state index in [1.807, 2.05) is 14.0 Å². The van der Waals surface area contributed by atoms with Crippen LogP contribution in [0.3, 0.4) is 0 Å². The van der Waals surface area contributed by atoms with E-state index < -0.39 is 0 Å². The third-order valence-electron chi connectivity index (χ3n) is 2.39. The van der Waals surface area contributed by atoms with Gasteiger partial charge in [0.2, 0.25) is 0 Å². The van der Waals surface area contributed by atoms with Gasteiger partial charge >= 0.3 is 0 Å². The van der Waals surface area contributed by atoms with Gasteiger partial charge in [0, 0.05) is 31.5 Å². The Kier molecular flexibility index (Phi) is 4.72. The highest BCUT2D eigenvalue weighted by atomic mass is 16.2. The molecule has 0 aliphatic rings. The van der Waals surface area contributed by atoms with E-state index in [2.05, 4.69) is 15.2 Å². The molecule has 0 saturated carbocycles. The lowest BCUT2D eigenvalue weighted by Gasteiger charge is -2.13. The van der Waals surface area contributed by atoms with Gasteiger partial charge in [-0.1, -0.05) is 6.92 Å². The second-order valence-electron chi connectivity index (χ2n) is 3.57. The lowest BCUT2D eigenvalue weighted by atomic mass is 10.2. The first kappa shape index (κ1) is 12.4. The molecule has 0 atom stereocenters. The van der Waals surface area contributed by atoms with Crippen molar-refractivity contribution >= 4 is 5.91 Å². The van der Waals surface area contributed by atoms with Crippen LogP contribution in [0.2, 0.25) is 0 Å². The van der Waals surface area contributed by atoms with Gasteiger partial charge in [0.15, 0.2) is 5.43 Å². The van der Waals surface area contributed by atoms with E-state index >= 15 is 0 Å². The zero-order chi connectivity index (χ0) is 12.0. The molecule has 0 fully saturated rings. The number of hydrogen-bond donors (Lipinski definition) is 2. The maximum Gasteiger partial charge on any atom is 0.256 e. The molecule has 1 rings (SSSR count). The molecule has 1 amide bonds. The largest absolute Gasteiger partial charge is 0.367 e. The molecule has 1 aromatic rings. The predicted octanol–water partition coefficient (Wildman–Crippen LogP) is 0.0564. The number of aromatic amines is 1. The van der Waals surface area contributed by atoms with Gasteiger partial charge in [-0.3, -0.25) is 9.59 Å². The van der Waals surface area contributed by atoms with Gasteiger partial charge in [-0.05, 0) is 13.6 Å². The Hall–Kier alpha value is -1.62. The zero-order valence-corrected chi connectivity index (χ0v) is 9.62. The van der Waals surface area contributed by atoms with Gasteiger partial charge in [-0.2, -0.15) is 0 Å². The molecule has 1 aromatic heterocycles. The third-order valence-corrected chi connectivity index (χ3v) is 2.39. The standard InChI is InChI=1S/C11H17N3O2/c1-3-14(2)7-6-13-11(16)9-8-12-5-4-10(9)15/h4-5,8H,3,6-7H2,1-2H3,(H,12,15)(H,13,16). The number of aromatic nitrogens is 1. The number of pyridine rings is 1. The molecule has 88 valence electrons. The number of H-pyrrole nitrogens is 1. The molecular formula is C11H17N3O2. The molecule has 0 aliphatic heterocycles. The molecule has 0 aliphatic carbocycles. The van der Waals surface area contributed by atoms with Crippen LogP contribution in [-0.2, 0) is 0 Å². The second kappa shape index (κ2) is 6.07. The number of likely N-dealkylation sites (N-methyl/N-ethyl adjacent to an activating group) is 1. The maximum atomic E-state index is 11.6. The molecule has 0 aromatic carbocycles. The summed E-state index contributed by atoms with van der Waals surface area (Å²) in [5.74, 6) is -0.327. The van der Waals surface area contributed by atoms with Gasteiger partial charge in [0.05, 0.1) is 0 Å². The number of amides is 1. The molecule has 0 bridgehead atoms. The molecule has 5 heteroatoms. The first-order valence-electron chi connectivity index (χ1n) is 5.29. The van der Waals surface area contributed by atoms with E-state index in [-0.39, 0.29) is 16.9 Å². The van der Waals surface area contributed by atoms with Crippen LogP contribution in [0.5, 0.6) is 0 Å². The fraction of sp³-hybridized carbons (Fsp3) is 0.455. The van der Waals surface area contributed by atoms with Crippen molar-refractivity contribution in [2.75, 3.05) is 26.7 Å². The third kappa shape index (κ3) is 3.51. The normalized spacial score (nSPS) is 10.4. The average molecular weight is 223 g/mol. The highest BCUT2D eigenvalue weighted by Gasteiger charge is 2.08. The van der Waals surface area contributed by atoms with Crippen LogP contribution in [-0.4, -0.2) is 42.5 Å². The van der Waals surface area contributed by atoms with E-state index in [0.29, 0.717) is 6.54 Å². The Labute approximate surface area is 94.5 Å². The van der Waals surface area contributed by atoms with E-state index in [1.165, 1.54) is 18.5 Å². The quantitative estimate of drug-likeness (QED) is 0.741. The van der Waals surface area contributed by atoms with Gasteiger partial charge in [0.25, 0.3) is 5.91 Å². The first-order valence-corrected chi connectivity index (χ1v) is 5.29. The summed E-state index contributed by atoms with van der Waals surface area (Å²) >= 11 is 0. The minimum atomic E-state index is -0.327. The summed E-state index contributed by atoms with van der Waals surface area (Å²) in [5, 5.41) is 2.70. The molecule has 5 nitrogen and oxygen atoms in total. The highest BCUT2D eigenvalue weighted by molar-refractivity contribution is 5.93. The highest BCUT2D eigenvalue weighted by Crippen LogP contribution is 1.87. The summed E-state index contributed by atoms with van der Waals surface area (Å²) in [6.45, 7) is 4.29. The number of nitrogens with one attached hydrogen (secondary N) is 2. The summed E-state index contributed by atoms with van der Waals surface area (Å²) < 4.78 is 0. The molecule has 0 saturated heterocycles. The lowest BCUT2D eigenvalue weighted by molar-refractivity contribution is 0.0948. The summed E-state index contributed by atoms with van der Waals surface area (Å²) in [7, 11) is 1.97. The van der Waals surface area contributed by atoms with Crippen LogP contribution >= 0.6 is 0 Å². The van der Waals surface area contributed by atoms with E-state index in [0.717, 1.165) is 13.1 Å². The molecule has 0 radical (unpaired) electrons. The molecule has 0 spiro atoms. The van der Waals surface area contributed by atoms with Gasteiger partial charge in [0.1, 0.15) is 5.56 Å². The minimum Gasteiger partial charge on any atom is -0.367 e. The molecular weight excluding hydrogens is 206 g/mol. The second-order valence-corrected chi connectivity index (χ2v) is 3.57. The van der Waals surface area contributed by atoms with Crippen molar-refractivity contribution in [1.82, 2.24) is 15.2 Å². The van der Waals surface area contributed by atoms with Gasteiger partial charge in [-0.15, -0.1) is 0 Å². The van der Waals surface area contributed by atoms with Crippen molar-refractivity contribution in [3.8, 4) is 0 Å². The summed E-state index contributed by atoms with van der Waals surface area (Å²) in [6, 6.07) is 1.34. The SMILES string of the molecule is CCN(C)CCNC(=O)c1c[nH]ccc1=O. The van der Waals surface area contributed by atoms with Crippen molar-refractivity contribution in [3.63, 3.8) is 0 Å². The molecule has 2 N–H and O–H groups in total. The monoisotopic (exact) mass is 223 g/mol. The first-order chi connectivity index (χ1) is 7.65. The Balaban J connectivity index is 2.48. The number of rotatable bonds is 5. The lowest BCUT2D eigenvalue weighted by Crippen LogP contribution is -2.34. The van der Waals surface area contributed by atoms with Crippen molar-refractivity contribution in [2.24, 2.45) is 0 Å². The summed E-state index contributed by atoms with van der Waals surface area (Å²) in [5.41, 5.74) is -0.109. The van der Waals surface area contributed by atoms with E-state index in [1.54, 1.807) is 0 Å². The van der Waals surface area contributed by atoms with Crippen molar-refractivity contribution in [2.45, 2.75) is 6.92 Å². The van der Waals surface area contributed by atoms with Crippen molar-refractivity contribution in [3.05, 3.63) is 34.2 Å². The van der Waals surface area contributed by atoms with E-state index in [9.17, 15) is 9.59 Å². The summed E-state index contributed by atoms with van der Waals surface area (Å²) in [4.78, 5) is 27.7. The molecule has 16 heavy (non-hydrogen) atoms. The molecule has 0 unspecified atom stereocenters. The van der Waals surface area contributed by atoms with Crippen LogP contribution in [0, 0.1) is 0 Å².